The molecule has 0 spiro atoms. The Hall–Kier alpha value is -0.810. The van der Waals surface area contributed by atoms with Crippen LogP contribution in [-0.4, -0.2) is 47.5 Å². The predicted octanol–water partition coefficient (Wildman–Crippen LogP) is 5.56. The first kappa shape index (κ1) is 25.2. The SMILES string of the molecule is CC(C)COC(=O)C(C)SCCCC(F)(F)C(F)(F)C(F)(F)C(F)(F)F. The van der Waals surface area contributed by atoms with Gasteiger partial charge in [-0.1, -0.05) is 13.8 Å². The molecular weight excluding hydrogens is 403 g/mol. The molecule has 0 bridgehead atoms. The van der Waals surface area contributed by atoms with Crippen LogP contribution in [0.5, 0.6) is 0 Å². The van der Waals surface area contributed by atoms with Crippen LogP contribution in [0.15, 0.2) is 0 Å². The second-order valence-electron chi connectivity index (χ2n) is 5.99. The van der Waals surface area contributed by atoms with Crippen LogP contribution in [0.2, 0.25) is 0 Å². The van der Waals surface area contributed by atoms with Gasteiger partial charge < -0.3 is 4.74 Å². The van der Waals surface area contributed by atoms with Crippen LogP contribution in [0.3, 0.4) is 0 Å². The lowest BCUT2D eigenvalue weighted by Crippen LogP contribution is -2.60. The number of carbonyl (C=O) groups excluding carboxylic acids is 1. The summed E-state index contributed by atoms with van der Waals surface area (Å²) in [4.78, 5) is 11.5. The van der Waals surface area contributed by atoms with Gasteiger partial charge >= 0.3 is 29.9 Å². The molecule has 0 aliphatic rings. The maximum atomic E-state index is 13.3. The minimum atomic E-state index is -6.87. The molecule has 0 radical (unpaired) electrons. The predicted molar refractivity (Wildman–Crippen MR) is 77.8 cm³/mol. The van der Waals surface area contributed by atoms with Gasteiger partial charge in [-0.3, -0.25) is 4.79 Å². The zero-order valence-corrected chi connectivity index (χ0v) is 14.9. The van der Waals surface area contributed by atoms with Crippen LogP contribution in [0, 0.1) is 5.92 Å². The minimum absolute atomic E-state index is 0.0485. The lowest BCUT2D eigenvalue weighted by Gasteiger charge is -2.33. The van der Waals surface area contributed by atoms with Crippen LogP contribution in [0.4, 0.5) is 39.5 Å². The van der Waals surface area contributed by atoms with E-state index < -0.39 is 48.0 Å². The van der Waals surface area contributed by atoms with Crippen molar-refractivity contribution in [1.82, 2.24) is 0 Å². The minimum Gasteiger partial charge on any atom is -0.465 e. The summed E-state index contributed by atoms with van der Waals surface area (Å²) in [6.07, 6.45) is -9.52. The zero-order valence-electron chi connectivity index (χ0n) is 14.1. The van der Waals surface area contributed by atoms with Crippen molar-refractivity contribution in [3.05, 3.63) is 0 Å². The number of hydrogen-bond acceptors (Lipinski definition) is 3. The molecule has 0 N–H and O–H groups in total. The summed E-state index contributed by atoms with van der Waals surface area (Å²) in [5.41, 5.74) is 0. The van der Waals surface area contributed by atoms with Crippen LogP contribution in [-0.2, 0) is 9.53 Å². The number of carbonyl (C=O) groups is 1. The average Bonchev–Trinajstić information content (AvgIpc) is 2.47. The molecular formula is C14H19F9O2S. The van der Waals surface area contributed by atoms with Crippen molar-refractivity contribution >= 4 is 17.7 Å². The van der Waals surface area contributed by atoms with Crippen molar-refractivity contribution in [2.75, 3.05) is 12.4 Å². The molecule has 0 fully saturated rings. The summed E-state index contributed by atoms with van der Waals surface area (Å²) in [5.74, 6) is -20.0. The van der Waals surface area contributed by atoms with Crippen molar-refractivity contribution in [2.24, 2.45) is 5.92 Å². The normalized spacial score (nSPS) is 15.3. The third-order valence-corrected chi connectivity index (χ3v) is 4.32. The van der Waals surface area contributed by atoms with Crippen molar-refractivity contribution in [3.63, 3.8) is 0 Å². The molecule has 0 aliphatic heterocycles. The lowest BCUT2D eigenvalue weighted by atomic mass is 10.00. The van der Waals surface area contributed by atoms with E-state index in [0.29, 0.717) is 0 Å². The van der Waals surface area contributed by atoms with E-state index in [4.69, 9.17) is 4.74 Å². The molecule has 0 saturated heterocycles. The zero-order chi connectivity index (χ0) is 21.0. The maximum absolute atomic E-state index is 13.3. The number of rotatable bonds is 10. The highest BCUT2D eigenvalue weighted by Gasteiger charge is 2.81. The van der Waals surface area contributed by atoms with Crippen LogP contribution < -0.4 is 0 Å². The monoisotopic (exact) mass is 422 g/mol. The van der Waals surface area contributed by atoms with E-state index in [1.807, 2.05) is 0 Å². The van der Waals surface area contributed by atoms with E-state index >= 15 is 0 Å². The van der Waals surface area contributed by atoms with Gasteiger partial charge in [0.05, 0.1) is 11.9 Å². The van der Waals surface area contributed by atoms with Crippen LogP contribution in [0.1, 0.15) is 33.6 Å². The Morgan fingerprint density at radius 3 is 1.85 bits per heavy atom. The van der Waals surface area contributed by atoms with Gasteiger partial charge in [0.1, 0.15) is 0 Å². The van der Waals surface area contributed by atoms with Gasteiger partial charge in [-0.05, 0) is 25.0 Å². The second kappa shape index (κ2) is 8.92. The van der Waals surface area contributed by atoms with Gasteiger partial charge in [-0.15, -0.1) is 11.8 Å². The Kier molecular flexibility index (Phi) is 8.64. The highest BCUT2D eigenvalue weighted by atomic mass is 32.2. The largest absolute Gasteiger partial charge is 0.465 e. The third kappa shape index (κ3) is 6.12. The standard InChI is InChI=1S/C14H19F9O2S/c1-8(2)7-25-10(24)9(3)26-6-4-5-11(15,16)12(17,18)13(19,20)14(21,22)23/h8-9H,4-7H2,1-3H3. The first-order valence-corrected chi connectivity index (χ1v) is 8.50. The summed E-state index contributed by atoms with van der Waals surface area (Å²) >= 11 is 0.738. The molecule has 1 atom stereocenters. The summed E-state index contributed by atoms with van der Waals surface area (Å²) in [6.45, 7) is 5.01. The Morgan fingerprint density at radius 1 is 0.923 bits per heavy atom. The molecule has 0 saturated carbocycles. The van der Waals surface area contributed by atoms with Gasteiger partial charge in [0.15, 0.2) is 0 Å². The topological polar surface area (TPSA) is 26.3 Å². The smallest absolute Gasteiger partial charge is 0.460 e. The van der Waals surface area contributed by atoms with Crippen molar-refractivity contribution in [3.8, 4) is 0 Å². The molecule has 0 rings (SSSR count). The molecule has 0 aromatic rings. The fourth-order valence-electron chi connectivity index (χ4n) is 1.55. The lowest BCUT2D eigenvalue weighted by molar-refractivity contribution is -0.396. The molecule has 0 aromatic heterocycles. The molecule has 26 heavy (non-hydrogen) atoms. The summed E-state index contributed by atoms with van der Waals surface area (Å²) in [5, 5.41) is -0.834. The Morgan fingerprint density at radius 2 is 1.42 bits per heavy atom. The summed E-state index contributed by atoms with van der Waals surface area (Å²) in [7, 11) is 0. The average molecular weight is 422 g/mol. The third-order valence-electron chi connectivity index (χ3n) is 3.10. The van der Waals surface area contributed by atoms with Crippen molar-refractivity contribution < 1.29 is 49.0 Å². The molecule has 0 heterocycles. The van der Waals surface area contributed by atoms with Crippen molar-refractivity contribution in [1.29, 1.82) is 0 Å². The molecule has 156 valence electrons. The Labute approximate surface area is 148 Å². The molecule has 1 unspecified atom stereocenters. The second-order valence-corrected chi connectivity index (χ2v) is 7.44. The Bertz CT molecular complexity index is 464. The van der Waals surface area contributed by atoms with Gasteiger partial charge in [0.2, 0.25) is 0 Å². The maximum Gasteiger partial charge on any atom is 0.460 e. The number of ether oxygens (including phenoxy) is 1. The molecule has 0 aromatic carbocycles. The van der Waals surface area contributed by atoms with Crippen LogP contribution in [0.25, 0.3) is 0 Å². The van der Waals surface area contributed by atoms with E-state index in [0.717, 1.165) is 11.8 Å². The van der Waals surface area contributed by atoms with E-state index in [1.54, 1.807) is 13.8 Å². The number of esters is 1. The number of thioether (sulfide) groups is 1. The van der Waals surface area contributed by atoms with Gasteiger partial charge in [-0.2, -0.15) is 39.5 Å². The fourth-order valence-corrected chi connectivity index (χ4v) is 2.42. The molecule has 0 amide bonds. The van der Waals surface area contributed by atoms with Gasteiger partial charge in [0.25, 0.3) is 0 Å². The van der Waals surface area contributed by atoms with Crippen molar-refractivity contribution in [2.45, 2.75) is 62.8 Å². The number of halogens is 9. The van der Waals surface area contributed by atoms with Gasteiger partial charge in [0, 0.05) is 6.42 Å². The van der Waals surface area contributed by atoms with E-state index in [-0.39, 0.29) is 18.3 Å². The van der Waals surface area contributed by atoms with Crippen LogP contribution >= 0.6 is 11.8 Å². The highest BCUT2D eigenvalue weighted by Crippen LogP contribution is 2.54. The van der Waals surface area contributed by atoms with E-state index in [9.17, 15) is 44.3 Å². The Balaban J connectivity index is 4.64. The molecule has 0 aliphatic carbocycles. The first-order valence-electron chi connectivity index (χ1n) is 7.45. The summed E-state index contributed by atoms with van der Waals surface area (Å²) in [6, 6.07) is 0. The number of alkyl halides is 9. The fraction of sp³-hybridized carbons (Fsp3) is 0.929. The summed E-state index contributed by atoms with van der Waals surface area (Å²) < 4.78 is 119. The molecule has 12 heteroatoms. The van der Waals surface area contributed by atoms with E-state index in [1.165, 1.54) is 6.92 Å². The quantitative estimate of drug-likeness (QED) is 0.262. The van der Waals surface area contributed by atoms with Gasteiger partial charge in [-0.25, -0.2) is 0 Å². The highest BCUT2D eigenvalue weighted by molar-refractivity contribution is 8.00. The first-order chi connectivity index (χ1) is 11.5. The number of hydrogen-bond donors (Lipinski definition) is 0. The van der Waals surface area contributed by atoms with E-state index in [2.05, 4.69) is 0 Å². The molecule has 2 nitrogen and oxygen atoms in total.